The maximum Gasteiger partial charge on any atom is 0.306 e. The predicted molar refractivity (Wildman–Crippen MR) is 358 cm³/mol. The van der Waals surface area contributed by atoms with E-state index in [0.717, 1.165) is 96.3 Å². The third-order valence-corrected chi connectivity index (χ3v) is 16.2. The van der Waals surface area contributed by atoms with Crippen molar-refractivity contribution >= 4 is 17.9 Å². The molecule has 0 aromatic heterocycles. The van der Waals surface area contributed by atoms with E-state index in [1.54, 1.807) is 0 Å². The van der Waals surface area contributed by atoms with Crippen LogP contribution in [0.4, 0.5) is 0 Å². The van der Waals surface area contributed by atoms with Gasteiger partial charge in [0, 0.05) is 19.3 Å². The van der Waals surface area contributed by atoms with Gasteiger partial charge in [0.2, 0.25) is 0 Å². The van der Waals surface area contributed by atoms with Crippen LogP contribution in [0.3, 0.4) is 0 Å². The molecule has 6 nitrogen and oxygen atoms in total. The minimum Gasteiger partial charge on any atom is -0.462 e. The van der Waals surface area contributed by atoms with Crippen LogP contribution in [-0.4, -0.2) is 37.2 Å². The molecular formula is C76H138O6. The molecule has 82 heavy (non-hydrogen) atoms. The van der Waals surface area contributed by atoms with E-state index >= 15 is 0 Å². The molecule has 478 valence electrons. The molecule has 0 amide bonds. The fraction of sp³-hybridized carbons (Fsp3) is 0.829. The third kappa shape index (κ3) is 67.9. The molecule has 0 aliphatic heterocycles. The average molecular weight is 1150 g/mol. The van der Waals surface area contributed by atoms with Gasteiger partial charge >= 0.3 is 17.9 Å². The maximum atomic E-state index is 12.9. The quantitative estimate of drug-likeness (QED) is 0.0261. The fourth-order valence-electron chi connectivity index (χ4n) is 10.7. The van der Waals surface area contributed by atoms with Gasteiger partial charge in [-0.05, 0) is 103 Å². The van der Waals surface area contributed by atoms with Crippen LogP contribution in [0.5, 0.6) is 0 Å². The van der Waals surface area contributed by atoms with E-state index in [1.165, 1.54) is 250 Å². The van der Waals surface area contributed by atoms with Gasteiger partial charge in [0.05, 0.1) is 0 Å². The van der Waals surface area contributed by atoms with Crippen LogP contribution >= 0.6 is 0 Å². The highest BCUT2D eigenvalue weighted by Crippen LogP contribution is 2.18. The van der Waals surface area contributed by atoms with Crippen molar-refractivity contribution in [2.24, 2.45) is 0 Å². The second-order valence-electron chi connectivity index (χ2n) is 24.5. The molecule has 0 saturated carbocycles. The van der Waals surface area contributed by atoms with Crippen molar-refractivity contribution in [3.8, 4) is 0 Å². The summed E-state index contributed by atoms with van der Waals surface area (Å²) < 4.78 is 16.9. The first-order valence-corrected chi connectivity index (χ1v) is 36.3. The molecule has 0 aliphatic rings. The van der Waals surface area contributed by atoms with Gasteiger partial charge in [0.15, 0.2) is 6.10 Å². The number of carbonyl (C=O) groups is 3. The van der Waals surface area contributed by atoms with Crippen LogP contribution in [0.15, 0.2) is 60.8 Å². The van der Waals surface area contributed by atoms with E-state index in [9.17, 15) is 14.4 Å². The monoisotopic (exact) mass is 1150 g/mol. The van der Waals surface area contributed by atoms with E-state index in [1.807, 2.05) is 0 Å². The highest BCUT2D eigenvalue weighted by molar-refractivity contribution is 5.71. The number of carbonyl (C=O) groups excluding carboxylic acids is 3. The standard InChI is InChI=1S/C76H138O6/c1-4-7-10-13-16-19-22-24-26-28-30-31-32-33-34-35-36-37-38-39-40-41-42-43-44-45-47-48-50-52-54-57-60-63-66-69-75(78)81-72-73(71-80-74(77)68-65-62-59-56-21-18-15-12-9-6-3)82-76(79)70-67-64-61-58-55-53-51-49-46-29-27-25-23-20-17-14-11-8-5-2/h12,15,17,20,25,27-28,30,46,49,73H,4-11,13-14,16,18-19,21-24,26,29,31-45,47-48,50-72H2,1-3H3/b15-12-,20-17-,27-25-,30-28-,49-46-. The summed E-state index contributed by atoms with van der Waals surface area (Å²) in [4.78, 5) is 38.3. The topological polar surface area (TPSA) is 78.9 Å². The van der Waals surface area contributed by atoms with Gasteiger partial charge in [-0.15, -0.1) is 0 Å². The first kappa shape index (κ1) is 79.1. The van der Waals surface area contributed by atoms with Crippen molar-refractivity contribution in [2.75, 3.05) is 13.2 Å². The molecule has 0 saturated heterocycles. The molecular weight excluding hydrogens is 1010 g/mol. The van der Waals surface area contributed by atoms with E-state index in [2.05, 4.69) is 81.5 Å². The molecule has 0 aliphatic carbocycles. The summed E-state index contributed by atoms with van der Waals surface area (Å²) in [5.41, 5.74) is 0. The first-order chi connectivity index (χ1) is 40.5. The zero-order valence-corrected chi connectivity index (χ0v) is 55.0. The molecule has 0 radical (unpaired) electrons. The van der Waals surface area contributed by atoms with Crippen LogP contribution in [-0.2, 0) is 28.6 Å². The molecule has 1 unspecified atom stereocenters. The summed E-state index contributed by atoms with van der Waals surface area (Å²) in [6.45, 7) is 6.58. The second kappa shape index (κ2) is 70.6. The molecule has 6 heteroatoms. The zero-order chi connectivity index (χ0) is 59.2. The maximum absolute atomic E-state index is 12.9. The highest BCUT2D eigenvalue weighted by atomic mass is 16.6. The molecule has 0 rings (SSSR count). The lowest BCUT2D eigenvalue weighted by Gasteiger charge is -2.18. The Balaban J connectivity index is 4.05. The van der Waals surface area contributed by atoms with Crippen LogP contribution in [0.1, 0.15) is 387 Å². The normalized spacial score (nSPS) is 12.4. The molecule has 0 N–H and O–H groups in total. The Morgan fingerprint density at radius 2 is 0.463 bits per heavy atom. The number of hydrogen-bond acceptors (Lipinski definition) is 6. The van der Waals surface area contributed by atoms with Crippen molar-refractivity contribution in [2.45, 2.75) is 393 Å². The fourth-order valence-corrected chi connectivity index (χ4v) is 10.7. The minimum absolute atomic E-state index is 0.0790. The summed E-state index contributed by atoms with van der Waals surface area (Å²) in [5.74, 6) is -0.884. The zero-order valence-electron chi connectivity index (χ0n) is 55.0. The number of ether oxygens (including phenoxy) is 3. The van der Waals surface area contributed by atoms with Gasteiger partial charge in [-0.1, -0.05) is 326 Å². The van der Waals surface area contributed by atoms with Gasteiger partial charge < -0.3 is 14.2 Å². The second-order valence-corrected chi connectivity index (χ2v) is 24.5. The van der Waals surface area contributed by atoms with Gasteiger partial charge in [0.1, 0.15) is 13.2 Å². The van der Waals surface area contributed by atoms with Crippen LogP contribution in [0.25, 0.3) is 0 Å². The number of rotatable bonds is 67. The van der Waals surface area contributed by atoms with E-state index < -0.39 is 6.10 Å². The average Bonchev–Trinajstić information content (AvgIpc) is 3.47. The molecule has 0 aromatic rings. The lowest BCUT2D eigenvalue weighted by atomic mass is 10.0. The molecule has 0 bridgehead atoms. The smallest absolute Gasteiger partial charge is 0.306 e. The Kier molecular flexibility index (Phi) is 68.1. The molecule has 0 spiro atoms. The third-order valence-electron chi connectivity index (χ3n) is 16.2. The number of hydrogen-bond donors (Lipinski definition) is 0. The molecule has 1 atom stereocenters. The SMILES string of the molecule is CCC/C=C\CCCCCCCC(=O)OCC(COC(=O)CCCCCCCCCCCCCCCCCCCCCCCCC/C=C\CCCCCCCCCC)OC(=O)CCCCCCCC/C=C\C/C=C\C/C=C\CCCCC. The van der Waals surface area contributed by atoms with Crippen LogP contribution in [0.2, 0.25) is 0 Å². The predicted octanol–water partition coefficient (Wildman–Crippen LogP) is 25.1. The number of unbranched alkanes of at least 4 members (excludes halogenated alkanes) is 46. The summed E-state index contributed by atoms with van der Waals surface area (Å²) in [6.07, 6.45) is 91.4. The summed E-state index contributed by atoms with van der Waals surface area (Å²) in [7, 11) is 0. The van der Waals surface area contributed by atoms with Gasteiger partial charge in [-0.3, -0.25) is 14.4 Å². The van der Waals surface area contributed by atoms with Crippen molar-refractivity contribution < 1.29 is 28.6 Å². The highest BCUT2D eigenvalue weighted by Gasteiger charge is 2.19. The summed E-state index contributed by atoms with van der Waals surface area (Å²) in [5, 5.41) is 0. The van der Waals surface area contributed by atoms with E-state index in [-0.39, 0.29) is 31.1 Å². The van der Waals surface area contributed by atoms with Crippen molar-refractivity contribution in [3.63, 3.8) is 0 Å². The Morgan fingerprint density at radius 1 is 0.244 bits per heavy atom. The van der Waals surface area contributed by atoms with Crippen LogP contribution < -0.4 is 0 Å². The molecule has 0 aromatic carbocycles. The first-order valence-electron chi connectivity index (χ1n) is 36.3. The Hall–Kier alpha value is -2.89. The van der Waals surface area contributed by atoms with Gasteiger partial charge in [0.25, 0.3) is 0 Å². The minimum atomic E-state index is -0.784. The summed E-state index contributed by atoms with van der Waals surface area (Å²) in [6, 6.07) is 0. The van der Waals surface area contributed by atoms with Crippen LogP contribution in [0, 0.1) is 0 Å². The number of allylic oxidation sites excluding steroid dienone is 10. The summed E-state index contributed by atoms with van der Waals surface area (Å²) >= 11 is 0. The molecule has 0 fully saturated rings. The Morgan fingerprint density at radius 3 is 0.768 bits per heavy atom. The van der Waals surface area contributed by atoms with Gasteiger partial charge in [-0.25, -0.2) is 0 Å². The largest absolute Gasteiger partial charge is 0.462 e. The van der Waals surface area contributed by atoms with Gasteiger partial charge in [-0.2, -0.15) is 0 Å². The van der Waals surface area contributed by atoms with Crippen molar-refractivity contribution in [1.82, 2.24) is 0 Å². The molecule has 0 heterocycles. The number of esters is 3. The van der Waals surface area contributed by atoms with Crippen molar-refractivity contribution in [3.05, 3.63) is 60.8 Å². The van der Waals surface area contributed by atoms with E-state index in [0.29, 0.717) is 19.3 Å². The van der Waals surface area contributed by atoms with E-state index in [4.69, 9.17) is 14.2 Å². The Labute approximate surface area is 510 Å². The lowest BCUT2D eigenvalue weighted by molar-refractivity contribution is -0.167. The Bertz CT molecular complexity index is 1460. The van der Waals surface area contributed by atoms with Crippen molar-refractivity contribution in [1.29, 1.82) is 0 Å². The lowest BCUT2D eigenvalue weighted by Crippen LogP contribution is -2.30.